The number of carbonyl (C=O) groups excluding carboxylic acids is 1. The lowest BCUT2D eigenvalue weighted by molar-refractivity contribution is 0.102. The molecule has 0 unspecified atom stereocenters. The van der Waals surface area contributed by atoms with Gasteiger partial charge in [0, 0.05) is 12.1 Å². The fourth-order valence-electron chi connectivity index (χ4n) is 1.56. The number of rotatable bonds is 4. The first-order valence-electron chi connectivity index (χ1n) is 5.79. The van der Waals surface area contributed by atoms with Crippen LogP contribution in [-0.2, 0) is 7.05 Å². The van der Waals surface area contributed by atoms with Gasteiger partial charge in [0.05, 0.1) is 7.05 Å². The van der Waals surface area contributed by atoms with Crippen LogP contribution in [0.2, 0.25) is 0 Å². The van der Waals surface area contributed by atoms with E-state index in [0.717, 1.165) is 16.9 Å². The van der Waals surface area contributed by atoms with Crippen molar-refractivity contribution in [1.29, 1.82) is 0 Å². The summed E-state index contributed by atoms with van der Waals surface area (Å²) in [6.07, 6.45) is 0. The lowest BCUT2D eigenvalue weighted by atomic mass is 10.1. The number of aryl methyl sites for hydroxylation is 1. The molecular weight excluding hydrogens is 270 g/mol. The summed E-state index contributed by atoms with van der Waals surface area (Å²) in [5.41, 5.74) is -0.434. The van der Waals surface area contributed by atoms with Gasteiger partial charge in [0.2, 0.25) is 0 Å². The van der Waals surface area contributed by atoms with Gasteiger partial charge in [-0.15, -0.1) is 5.10 Å². The number of amides is 1. The minimum absolute atomic E-state index is 0.0472. The standard InChI is InChI=1S/C11H12F2N6O/c1-3-14-9-7(12)4-6(5-8(9)13)10(20)15-11-16-18-19(2)17-11/h4-5,14H,3H2,1-2H3,(H,15,17,20). The number of carbonyl (C=O) groups is 1. The Hall–Kier alpha value is -2.58. The molecule has 0 aliphatic rings. The second kappa shape index (κ2) is 5.59. The van der Waals surface area contributed by atoms with E-state index in [4.69, 9.17) is 0 Å². The molecule has 0 spiro atoms. The van der Waals surface area contributed by atoms with Crippen molar-refractivity contribution in [3.05, 3.63) is 29.3 Å². The molecule has 1 heterocycles. The first-order chi connectivity index (χ1) is 9.51. The van der Waals surface area contributed by atoms with Crippen LogP contribution in [0, 0.1) is 11.6 Å². The number of anilines is 2. The van der Waals surface area contributed by atoms with Crippen molar-refractivity contribution in [2.75, 3.05) is 17.2 Å². The summed E-state index contributed by atoms with van der Waals surface area (Å²) in [7, 11) is 1.52. The minimum atomic E-state index is -0.843. The van der Waals surface area contributed by atoms with Gasteiger partial charge < -0.3 is 5.32 Å². The first-order valence-corrected chi connectivity index (χ1v) is 5.79. The van der Waals surface area contributed by atoms with Gasteiger partial charge in [-0.2, -0.15) is 4.80 Å². The van der Waals surface area contributed by atoms with Crippen molar-refractivity contribution >= 4 is 17.5 Å². The molecule has 0 fully saturated rings. The summed E-state index contributed by atoms with van der Waals surface area (Å²) in [5.74, 6) is -2.46. The SMILES string of the molecule is CCNc1c(F)cc(C(=O)Nc2nnn(C)n2)cc1F. The summed E-state index contributed by atoms with van der Waals surface area (Å²) < 4.78 is 27.3. The van der Waals surface area contributed by atoms with Crippen molar-refractivity contribution in [3.63, 3.8) is 0 Å². The molecule has 0 saturated heterocycles. The van der Waals surface area contributed by atoms with Crippen molar-refractivity contribution < 1.29 is 13.6 Å². The average molecular weight is 282 g/mol. The smallest absolute Gasteiger partial charge is 0.270 e. The van der Waals surface area contributed by atoms with Crippen molar-refractivity contribution in [1.82, 2.24) is 20.2 Å². The fraction of sp³-hybridized carbons (Fsp3) is 0.273. The quantitative estimate of drug-likeness (QED) is 0.879. The molecule has 0 saturated carbocycles. The van der Waals surface area contributed by atoms with E-state index < -0.39 is 17.5 Å². The lowest BCUT2D eigenvalue weighted by Crippen LogP contribution is -2.15. The molecule has 2 aromatic rings. The number of aromatic nitrogens is 4. The largest absolute Gasteiger partial charge is 0.381 e. The van der Waals surface area contributed by atoms with E-state index in [1.807, 2.05) is 0 Å². The zero-order chi connectivity index (χ0) is 14.7. The Morgan fingerprint density at radius 1 is 1.35 bits per heavy atom. The van der Waals surface area contributed by atoms with Crippen LogP contribution in [0.3, 0.4) is 0 Å². The van der Waals surface area contributed by atoms with Gasteiger partial charge >= 0.3 is 0 Å². The van der Waals surface area contributed by atoms with Crippen LogP contribution in [0.1, 0.15) is 17.3 Å². The van der Waals surface area contributed by atoms with Gasteiger partial charge in [0.1, 0.15) is 17.3 Å². The third-order valence-corrected chi connectivity index (χ3v) is 2.39. The minimum Gasteiger partial charge on any atom is -0.381 e. The van der Waals surface area contributed by atoms with Crippen LogP contribution >= 0.6 is 0 Å². The van der Waals surface area contributed by atoms with Crippen LogP contribution in [0.5, 0.6) is 0 Å². The Bertz CT molecular complexity index is 619. The Morgan fingerprint density at radius 3 is 2.50 bits per heavy atom. The summed E-state index contributed by atoms with van der Waals surface area (Å²) in [5, 5.41) is 15.6. The summed E-state index contributed by atoms with van der Waals surface area (Å²) >= 11 is 0. The predicted molar refractivity (Wildman–Crippen MR) is 67.3 cm³/mol. The van der Waals surface area contributed by atoms with Crippen LogP contribution in [0.4, 0.5) is 20.4 Å². The molecule has 0 bridgehead atoms. The highest BCUT2D eigenvalue weighted by Crippen LogP contribution is 2.21. The molecule has 1 amide bonds. The summed E-state index contributed by atoms with van der Waals surface area (Å²) in [6, 6.07) is 1.87. The second-order valence-corrected chi connectivity index (χ2v) is 3.90. The van der Waals surface area contributed by atoms with E-state index in [1.165, 1.54) is 7.05 Å². The monoisotopic (exact) mass is 282 g/mol. The molecule has 7 nitrogen and oxygen atoms in total. The molecule has 20 heavy (non-hydrogen) atoms. The van der Waals surface area contributed by atoms with Gasteiger partial charge in [0.25, 0.3) is 11.9 Å². The number of hydrogen-bond acceptors (Lipinski definition) is 5. The van der Waals surface area contributed by atoms with Gasteiger partial charge in [-0.3, -0.25) is 10.1 Å². The molecule has 1 aromatic heterocycles. The van der Waals surface area contributed by atoms with E-state index in [0.29, 0.717) is 6.54 Å². The number of hydrogen-bond donors (Lipinski definition) is 2. The zero-order valence-corrected chi connectivity index (χ0v) is 10.8. The molecule has 0 atom stereocenters. The number of halogens is 2. The fourth-order valence-corrected chi connectivity index (χ4v) is 1.56. The highest BCUT2D eigenvalue weighted by molar-refractivity contribution is 6.03. The third kappa shape index (κ3) is 2.87. The van der Waals surface area contributed by atoms with E-state index in [1.54, 1.807) is 6.92 Å². The van der Waals surface area contributed by atoms with Crippen LogP contribution in [0.15, 0.2) is 12.1 Å². The maximum absolute atomic E-state index is 13.7. The molecule has 0 aliphatic heterocycles. The van der Waals surface area contributed by atoms with Gasteiger partial charge in [0.15, 0.2) is 0 Å². The highest BCUT2D eigenvalue weighted by atomic mass is 19.1. The first kappa shape index (κ1) is 13.8. The Morgan fingerprint density at radius 2 is 2.00 bits per heavy atom. The van der Waals surface area contributed by atoms with Crippen molar-refractivity contribution in [3.8, 4) is 0 Å². The summed E-state index contributed by atoms with van der Waals surface area (Å²) in [4.78, 5) is 13.0. The normalized spacial score (nSPS) is 10.4. The molecule has 1 aromatic carbocycles. The molecule has 2 N–H and O–H groups in total. The number of tetrazole rings is 1. The molecular formula is C11H12F2N6O. The van der Waals surface area contributed by atoms with Crippen molar-refractivity contribution in [2.24, 2.45) is 7.05 Å². The number of nitrogens with zero attached hydrogens (tertiary/aromatic N) is 4. The van der Waals surface area contributed by atoms with Gasteiger partial charge in [-0.1, -0.05) is 5.10 Å². The Balaban J connectivity index is 2.22. The van der Waals surface area contributed by atoms with Gasteiger partial charge in [-0.05, 0) is 24.3 Å². The molecule has 106 valence electrons. The average Bonchev–Trinajstić information content (AvgIpc) is 2.79. The molecule has 0 radical (unpaired) electrons. The van der Waals surface area contributed by atoms with Crippen LogP contribution in [-0.4, -0.2) is 32.7 Å². The van der Waals surface area contributed by atoms with E-state index >= 15 is 0 Å². The van der Waals surface area contributed by atoms with Gasteiger partial charge in [-0.25, -0.2) is 8.78 Å². The molecule has 0 aliphatic carbocycles. The third-order valence-electron chi connectivity index (χ3n) is 2.39. The maximum atomic E-state index is 13.7. The second-order valence-electron chi connectivity index (χ2n) is 3.90. The Kier molecular flexibility index (Phi) is 3.87. The lowest BCUT2D eigenvalue weighted by Gasteiger charge is -2.08. The van der Waals surface area contributed by atoms with E-state index in [-0.39, 0.29) is 17.2 Å². The molecule has 9 heteroatoms. The predicted octanol–water partition coefficient (Wildman–Crippen LogP) is 1.17. The summed E-state index contributed by atoms with van der Waals surface area (Å²) in [6.45, 7) is 2.07. The van der Waals surface area contributed by atoms with Crippen LogP contribution < -0.4 is 10.6 Å². The topological polar surface area (TPSA) is 84.7 Å². The Labute approximate surface area is 113 Å². The van der Waals surface area contributed by atoms with E-state index in [9.17, 15) is 13.6 Å². The molecule has 2 rings (SSSR count). The maximum Gasteiger partial charge on any atom is 0.270 e. The number of benzene rings is 1. The van der Waals surface area contributed by atoms with E-state index in [2.05, 4.69) is 26.0 Å². The highest BCUT2D eigenvalue weighted by Gasteiger charge is 2.16. The zero-order valence-electron chi connectivity index (χ0n) is 10.8. The van der Waals surface area contributed by atoms with Crippen LogP contribution in [0.25, 0.3) is 0 Å². The number of nitrogens with one attached hydrogen (secondary N) is 2. The van der Waals surface area contributed by atoms with Crippen molar-refractivity contribution in [2.45, 2.75) is 6.92 Å².